The third-order valence-electron chi connectivity index (χ3n) is 5.55. The predicted octanol–water partition coefficient (Wildman–Crippen LogP) is 4.33. The van der Waals surface area contributed by atoms with Crippen LogP contribution in [-0.2, 0) is 16.0 Å². The van der Waals surface area contributed by atoms with E-state index in [2.05, 4.69) is 10.2 Å². The van der Waals surface area contributed by atoms with Gasteiger partial charge in [0, 0.05) is 6.61 Å². The summed E-state index contributed by atoms with van der Waals surface area (Å²) in [5.74, 6) is 0.417. The second-order valence-corrected chi connectivity index (χ2v) is 10.1. The van der Waals surface area contributed by atoms with Gasteiger partial charge in [-0.2, -0.15) is 0 Å². The number of carbonyl (C=O) groups is 1. The Morgan fingerprint density at radius 3 is 2.97 bits per heavy atom. The van der Waals surface area contributed by atoms with Crippen molar-refractivity contribution in [3.63, 3.8) is 0 Å². The fourth-order valence-electron chi connectivity index (χ4n) is 3.80. The standard InChI is InChI=1S/C23H22N4O5S2/c1-13(19-25-26-20(32-19)18-6-4-10-33-18)34-23-24-17-11-14(22(29)30-2)7-8-16(17)21(28)27(23)12-15-5-3-9-31-15/h4,6-8,10-11,13,15H,3,5,9,12H2,1-2H3/t13-,15-/m1/s1. The van der Waals surface area contributed by atoms with Crippen molar-refractivity contribution in [2.75, 3.05) is 13.7 Å². The number of thioether (sulfide) groups is 1. The van der Waals surface area contributed by atoms with Gasteiger partial charge in [0.15, 0.2) is 5.16 Å². The number of methoxy groups -OCH3 is 1. The van der Waals surface area contributed by atoms with Crippen LogP contribution in [0, 0.1) is 0 Å². The number of ether oxygens (including phenoxy) is 2. The van der Waals surface area contributed by atoms with E-state index in [0.717, 1.165) is 17.7 Å². The molecule has 9 nitrogen and oxygen atoms in total. The lowest BCUT2D eigenvalue weighted by atomic mass is 10.1. The van der Waals surface area contributed by atoms with Crippen molar-refractivity contribution in [2.45, 2.75) is 42.8 Å². The topological polar surface area (TPSA) is 109 Å². The van der Waals surface area contributed by atoms with Gasteiger partial charge in [-0.3, -0.25) is 9.36 Å². The third-order valence-corrected chi connectivity index (χ3v) is 7.49. The number of aromatic nitrogens is 4. The molecule has 1 aliphatic heterocycles. The Morgan fingerprint density at radius 1 is 1.35 bits per heavy atom. The summed E-state index contributed by atoms with van der Waals surface area (Å²) >= 11 is 2.88. The quantitative estimate of drug-likeness (QED) is 0.209. The molecule has 11 heteroatoms. The SMILES string of the molecule is COC(=O)c1ccc2c(=O)n(C[C@H]3CCCO3)c(S[C@H](C)c3nnc(-c4cccs4)o3)nc2c1. The van der Waals surface area contributed by atoms with Crippen LogP contribution in [0.15, 0.2) is 50.1 Å². The number of benzene rings is 1. The summed E-state index contributed by atoms with van der Waals surface area (Å²) in [6.45, 7) is 3.02. The van der Waals surface area contributed by atoms with Crippen LogP contribution in [0.2, 0.25) is 0 Å². The van der Waals surface area contributed by atoms with E-state index < -0.39 is 5.97 Å². The molecule has 0 unspecified atom stereocenters. The Bertz CT molecular complexity index is 1380. The maximum atomic E-state index is 13.5. The number of fused-ring (bicyclic) bond motifs is 1. The fraction of sp³-hybridized carbons (Fsp3) is 0.348. The molecule has 5 rings (SSSR count). The Labute approximate surface area is 203 Å². The molecule has 1 aliphatic rings. The molecule has 0 aliphatic carbocycles. The van der Waals surface area contributed by atoms with Crippen molar-refractivity contribution in [1.29, 1.82) is 0 Å². The van der Waals surface area contributed by atoms with Crippen LogP contribution in [0.3, 0.4) is 0 Å². The Kier molecular flexibility index (Phi) is 6.48. The van der Waals surface area contributed by atoms with Gasteiger partial charge in [-0.05, 0) is 49.4 Å². The van der Waals surface area contributed by atoms with Gasteiger partial charge in [0.2, 0.25) is 5.89 Å². The van der Waals surface area contributed by atoms with Crippen molar-refractivity contribution in [2.24, 2.45) is 0 Å². The van der Waals surface area contributed by atoms with E-state index in [1.807, 2.05) is 24.4 Å². The van der Waals surface area contributed by atoms with Crippen LogP contribution in [0.5, 0.6) is 0 Å². The van der Waals surface area contributed by atoms with Gasteiger partial charge >= 0.3 is 5.97 Å². The number of hydrogen-bond donors (Lipinski definition) is 0. The summed E-state index contributed by atoms with van der Waals surface area (Å²) in [6, 6.07) is 8.62. The largest absolute Gasteiger partial charge is 0.465 e. The lowest BCUT2D eigenvalue weighted by Crippen LogP contribution is -2.29. The highest BCUT2D eigenvalue weighted by molar-refractivity contribution is 7.99. The van der Waals surface area contributed by atoms with Gasteiger partial charge in [0.25, 0.3) is 11.4 Å². The number of nitrogens with zero attached hydrogens (tertiary/aromatic N) is 4. The van der Waals surface area contributed by atoms with E-state index in [4.69, 9.17) is 18.9 Å². The fourth-order valence-corrected chi connectivity index (χ4v) is 5.39. The van der Waals surface area contributed by atoms with E-state index in [0.29, 0.717) is 46.6 Å². The van der Waals surface area contributed by atoms with Crippen molar-refractivity contribution in [1.82, 2.24) is 19.7 Å². The molecule has 0 radical (unpaired) electrons. The zero-order valence-corrected chi connectivity index (χ0v) is 20.2. The maximum absolute atomic E-state index is 13.5. The van der Waals surface area contributed by atoms with E-state index in [1.165, 1.54) is 30.2 Å². The number of rotatable bonds is 7. The van der Waals surface area contributed by atoms with Crippen LogP contribution in [0.1, 0.15) is 41.3 Å². The Balaban J connectivity index is 1.52. The molecule has 1 aromatic carbocycles. The molecule has 0 amide bonds. The first-order valence-corrected chi connectivity index (χ1v) is 12.6. The van der Waals surface area contributed by atoms with E-state index in [1.54, 1.807) is 22.8 Å². The summed E-state index contributed by atoms with van der Waals surface area (Å²) in [7, 11) is 1.32. The minimum Gasteiger partial charge on any atom is -0.465 e. The van der Waals surface area contributed by atoms with E-state index in [-0.39, 0.29) is 16.9 Å². The molecule has 1 saturated heterocycles. The summed E-state index contributed by atoms with van der Waals surface area (Å²) < 4.78 is 18.1. The second kappa shape index (κ2) is 9.69. The highest BCUT2D eigenvalue weighted by Gasteiger charge is 2.24. The molecule has 0 bridgehead atoms. The first-order valence-electron chi connectivity index (χ1n) is 10.8. The van der Waals surface area contributed by atoms with Gasteiger partial charge in [-0.25, -0.2) is 9.78 Å². The van der Waals surface area contributed by atoms with E-state index in [9.17, 15) is 9.59 Å². The molecule has 2 atom stereocenters. The van der Waals surface area contributed by atoms with Crippen molar-refractivity contribution < 1.29 is 18.7 Å². The monoisotopic (exact) mass is 498 g/mol. The van der Waals surface area contributed by atoms with Crippen LogP contribution < -0.4 is 5.56 Å². The molecule has 0 saturated carbocycles. The molecular weight excluding hydrogens is 476 g/mol. The van der Waals surface area contributed by atoms with Crippen LogP contribution in [0.25, 0.3) is 21.7 Å². The molecule has 34 heavy (non-hydrogen) atoms. The first-order chi connectivity index (χ1) is 16.5. The van der Waals surface area contributed by atoms with Crippen molar-refractivity contribution in [3.8, 4) is 10.8 Å². The molecule has 4 heterocycles. The van der Waals surface area contributed by atoms with Crippen molar-refractivity contribution in [3.05, 3.63) is 57.5 Å². The van der Waals surface area contributed by atoms with Crippen LogP contribution in [-0.4, -0.2) is 45.5 Å². The number of carbonyl (C=O) groups excluding carboxylic acids is 1. The van der Waals surface area contributed by atoms with E-state index >= 15 is 0 Å². The smallest absolute Gasteiger partial charge is 0.337 e. The van der Waals surface area contributed by atoms with Gasteiger partial charge in [0.05, 0.1) is 46.4 Å². The zero-order chi connectivity index (χ0) is 23.7. The first kappa shape index (κ1) is 22.8. The number of hydrogen-bond acceptors (Lipinski definition) is 10. The van der Waals surface area contributed by atoms with Crippen LogP contribution in [0.4, 0.5) is 0 Å². The number of thiophene rings is 1. The zero-order valence-electron chi connectivity index (χ0n) is 18.6. The lowest BCUT2D eigenvalue weighted by Gasteiger charge is -2.17. The normalized spacial score (nSPS) is 16.7. The second-order valence-electron chi connectivity index (χ2n) is 7.85. The molecular formula is C23H22N4O5S2. The molecule has 4 aromatic rings. The molecule has 0 spiro atoms. The van der Waals surface area contributed by atoms with Crippen LogP contribution >= 0.6 is 23.1 Å². The van der Waals surface area contributed by atoms with Gasteiger partial charge < -0.3 is 13.9 Å². The maximum Gasteiger partial charge on any atom is 0.337 e. The van der Waals surface area contributed by atoms with Gasteiger partial charge in [0.1, 0.15) is 0 Å². The summed E-state index contributed by atoms with van der Waals surface area (Å²) in [6.07, 6.45) is 1.81. The molecule has 3 aromatic heterocycles. The summed E-state index contributed by atoms with van der Waals surface area (Å²) in [5, 5.41) is 11.0. The highest BCUT2D eigenvalue weighted by atomic mass is 32.2. The van der Waals surface area contributed by atoms with Crippen molar-refractivity contribution >= 4 is 40.0 Å². The number of esters is 1. The molecule has 176 valence electrons. The minimum atomic E-state index is -0.484. The summed E-state index contributed by atoms with van der Waals surface area (Å²) in [4.78, 5) is 31.1. The highest BCUT2D eigenvalue weighted by Crippen LogP contribution is 2.35. The minimum absolute atomic E-state index is 0.0465. The Morgan fingerprint density at radius 2 is 2.24 bits per heavy atom. The average Bonchev–Trinajstić information content (AvgIpc) is 3.62. The molecule has 0 N–H and O–H groups in total. The molecule has 1 fully saturated rings. The summed E-state index contributed by atoms with van der Waals surface area (Å²) in [5.41, 5.74) is 0.577. The lowest BCUT2D eigenvalue weighted by molar-refractivity contribution is 0.0601. The Hall–Kier alpha value is -3.02. The van der Waals surface area contributed by atoms with Gasteiger partial charge in [-0.15, -0.1) is 21.5 Å². The third kappa shape index (κ3) is 4.50. The predicted molar refractivity (Wildman–Crippen MR) is 128 cm³/mol. The van der Waals surface area contributed by atoms with Gasteiger partial charge in [-0.1, -0.05) is 17.8 Å². The average molecular weight is 499 g/mol.